The Labute approximate surface area is 125 Å². The summed E-state index contributed by atoms with van der Waals surface area (Å²) in [4.78, 5) is 14.2. The summed E-state index contributed by atoms with van der Waals surface area (Å²) >= 11 is 6.38. The number of hydrogen-bond donors (Lipinski definition) is 0. The van der Waals surface area contributed by atoms with E-state index in [1.165, 1.54) is 22.9 Å². The molecule has 1 aromatic rings. The van der Waals surface area contributed by atoms with Gasteiger partial charge in [0.25, 0.3) is 5.91 Å². The van der Waals surface area contributed by atoms with Crippen molar-refractivity contribution < 1.29 is 17.6 Å². The Hall–Kier alpha value is -1.12. The maximum atomic E-state index is 12.4. The molecule has 3 heterocycles. The summed E-state index contributed by atoms with van der Waals surface area (Å²) in [5.74, 6) is 0.447. The fraction of sp³-hybridized carbons (Fsp3) is 0.333. The van der Waals surface area contributed by atoms with Gasteiger partial charge in [0.1, 0.15) is 10.1 Å². The Morgan fingerprint density at radius 3 is 2.90 bits per heavy atom. The molecule has 0 spiro atoms. The first-order valence-electron chi connectivity index (χ1n) is 5.97. The van der Waals surface area contributed by atoms with E-state index >= 15 is 0 Å². The zero-order valence-electron chi connectivity index (χ0n) is 10.3. The van der Waals surface area contributed by atoms with E-state index < -0.39 is 9.84 Å². The Morgan fingerprint density at radius 1 is 1.50 bits per heavy atom. The number of thioether (sulfide) groups is 1. The Kier molecular flexibility index (Phi) is 3.47. The first kappa shape index (κ1) is 13.8. The highest BCUT2D eigenvalue weighted by molar-refractivity contribution is 8.26. The van der Waals surface area contributed by atoms with Gasteiger partial charge in [0.2, 0.25) is 0 Å². The lowest BCUT2D eigenvalue weighted by Crippen LogP contribution is -2.39. The predicted molar refractivity (Wildman–Crippen MR) is 80.8 cm³/mol. The van der Waals surface area contributed by atoms with E-state index in [4.69, 9.17) is 16.6 Å². The van der Waals surface area contributed by atoms with Crippen LogP contribution in [0.4, 0.5) is 0 Å². The van der Waals surface area contributed by atoms with Crippen molar-refractivity contribution in [3.8, 4) is 0 Å². The summed E-state index contributed by atoms with van der Waals surface area (Å²) in [6.45, 7) is 0. The molecule has 2 aliphatic heterocycles. The molecule has 0 aliphatic carbocycles. The number of carbonyl (C=O) groups is 1. The van der Waals surface area contributed by atoms with Crippen molar-refractivity contribution in [1.29, 1.82) is 0 Å². The van der Waals surface area contributed by atoms with Crippen LogP contribution in [-0.2, 0) is 14.6 Å². The quantitative estimate of drug-likeness (QED) is 0.607. The maximum Gasteiger partial charge on any atom is 0.266 e. The fourth-order valence-corrected chi connectivity index (χ4v) is 5.36. The lowest BCUT2D eigenvalue weighted by atomic mass is 10.2. The monoisotopic (exact) mass is 329 g/mol. The van der Waals surface area contributed by atoms with Gasteiger partial charge in [0, 0.05) is 6.08 Å². The van der Waals surface area contributed by atoms with Gasteiger partial charge in [-0.15, -0.1) is 0 Å². The third kappa shape index (κ3) is 2.55. The summed E-state index contributed by atoms with van der Waals surface area (Å²) in [6, 6.07) is 3.14. The smallest absolute Gasteiger partial charge is 0.266 e. The van der Waals surface area contributed by atoms with Crippen LogP contribution in [0.3, 0.4) is 0 Å². The van der Waals surface area contributed by atoms with Crippen molar-refractivity contribution in [3.05, 3.63) is 29.1 Å². The Morgan fingerprint density at radius 2 is 2.30 bits per heavy atom. The van der Waals surface area contributed by atoms with Gasteiger partial charge in [-0.2, -0.15) is 0 Å². The van der Waals surface area contributed by atoms with E-state index in [0.29, 0.717) is 21.4 Å². The summed E-state index contributed by atoms with van der Waals surface area (Å²) < 4.78 is 28.6. The van der Waals surface area contributed by atoms with Gasteiger partial charge in [-0.3, -0.25) is 9.69 Å². The average Bonchev–Trinajstić information content (AvgIpc) is 3.03. The van der Waals surface area contributed by atoms with Crippen LogP contribution < -0.4 is 0 Å². The standard InChI is InChI=1S/C12H11NO4S3/c14-11-10(6-9-2-1-4-17-9)19-12(18)13(11)8-3-5-20(15,16)7-8/h1-2,4,6,8H,3,5,7H2/b10-6+/t8-/m1/s1. The van der Waals surface area contributed by atoms with Crippen molar-refractivity contribution in [2.75, 3.05) is 11.5 Å². The highest BCUT2D eigenvalue weighted by Crippen LogP contribution is 2.36. The average molecular weight is 329 g/mol. The number of furan rings is 1. The van der Waals surface area contributed by atoms with Gasteiger partial charge < -0.3 is 4.42 Å². The zero-order valence-corrected chi connectivity index (χ0v) is 12.8. The molecule has 8 heteroatoms. The molecular weight excluding hydrogens is 318 g/mol. The molecule has 0 bridgehead atoms. The van der Waals surface area contributed by atoms with Crippen LogP contribution in [0, 0.1) is 0 Å². The van der Waals surface area contributed by atoms with E-state index in [1.54, 1.807) is 18.2 Å². The number of amides is 1. The predicted octanol–water partition coefficient (Wildman–Crippen LogP) is 1.67. The molecule has 1 amide bonds. The van der Waals surface area contributed by atoms with Crippen LogP contribution in [0.1, 0.15) is 12.2 Å². The van der Waals surface area contributed by atoms with Crippen LogP contribution in [0.5, 0.6) is 0 Å². The van der Waals surface area contributed by atoms with Crippen LogP contribution >= 0.6 is 24.0 Å². The van der Waals surface area contributed by atoms with Crippen molar-refractivity contribution in [1.82, 2.24) is 4.90 Å². The molecule has 0 unspecified atom stereocenters. The number of carbonyl (C=O) groups excluding carboxylic acids is 1. The normalized spacial score (nSPS) is 27.7. The number of thiocarbonyl (C=S) groups is 1. The Balaban J connectivity index is 1.85. The van der Waals surface area contributed by atoms with E-state index in [9.17, 15) is 13.2 Å². The van der Waals surface area contributed by atoms with Gasteiger partial charge in [-0.25, -0.2) is 8.42 Å². The molecule has 2 saturated heterocycles. The number of rotatable bonds is 2. The maximum absolute atomic E-state index is 12.4. The lowest BCUT2D eigenvalue weighted by molar-refractivity contribution is -0.123. The van der Waals surface area contributed by atoms with Crippen LogP contribution in [-0.4, -0.2) is 41.1 Å². The second kappa shape index (κ2) is 5.01. The highest BCUT2D eigenvalue weighted by Gasteiger charge is 2.42. The van der Waals surface area contributed by atoms with Crippen molar-refractivity contribution >= 4 is 50.1 Å². The molecular formula is C12H11NO4S3. The molecule has 0 radical (unpaired) electrons. The van der Waals surface area contributed by atoms with Crippen molar-refractivity contribution in [3.63, 3.8) is 0 Å². The van der Waals surface area contributed by atoms with Crippen LogP contribution in [0.25, 0.3) is 6.08 Å². The van der Waals surface area contributed by atoms with E-state index in [0.717, 1.165) is 0 Å². The molecule has 5 nitrogen and oxygen atoms in total. The highest BCUT2D eigenvalue weighted by atomic mass is 32.2. The van der Waals surface area contributed by atoms with Gasteiger partial charge in [-0.05, 0) is 18.6 Å². The Bertz CT molecular complexity index is 690. The van der Waals surface area contributed by atoms with E-state index in [2.05, 4.69) is 0 Å². The summed E-state index contributed by atoms with van der Waals surface area (Å²) in [5.41, 5.74) is 0. The number of hydrogen-bond acceptors (Lipinski definition) is 6. The molecule has 106 valence electrons. The topological polar surface area (TPSA) is 67.6 Å². The second-order valence-electron chi connectivity index (χ2n) is 4.62. The summed E-state index contributed by atoms with van der Waals surface area (Å²) in [6.07, 6.45) is 3.60. The zero-order chi connectivity index (χ0) is 14.3. The minimum atomic E-state index is -3.05. The summed E-state index contributed by atoms with van der Waals surface area (Å²) in [5, 5.41) is 0. The molecule has 2 fully saturated rings. The minimum absolute atomic E-state index is 0.00648. The first-order valence-corrected chi connectivity index (χ1v) is 9.02. The largest absolute Gasteiger partial charge is 0.465 e. The molecule has 20 heavy (non-hydrogen) atoms. The van der Waals surface area contributed by atoms with E-state index in [1.807, 2.05) is 0 Å². The molecule has 1 atom stereocenters. The van der Waals surface area contributed by atoms with Crippen molar-refractivity contribution in [2.45, 2.75) is 12.5 Å². The SMILES string of the molecule is O=C1/C(=C\c2ccco2)SC(=S)N1[C@@H]1CCS(=O)(=O)C1. The second-order valence-corrected chi connectivity index (χ2v) is 8.53. The molecule has 0 saturated carbocycles. The van der Waals surface area contributed by atoms with Crippen molar-refractivity contribution in [2.24, 2.45) is 0 Å². The van der Waals surface area contributed by atoms with Gasteiger partial charge >= 0.3 is 0 Å². The number of sulfone groups is 1. The van der Waals surface area contributed by atoms with Gasteiger partial charge in [0.15, 0.2) is 9.84 Å². The molecule has 0 N–H and O–H groups in total. The third-order valence-corrected chi connectivity index (χ3v) is 6.29. The molecule has 0 aromatic carbocycles. The molecule has 3 rings (SSSR count). The van der Waals surface area contributed by atoms with Crippen LogP contribution in [0.2, 0.25) is 0 Å². The molecule has 2 aliphatic rings. The minimum Gasteiger partial charge on any atom is -0.465 e. The van der Waals surface area contributed by atoms with Gasteiger partial charge in [0.05, 0.1) is 28.7 Å². The molecule has 1 aromatic heterocycles. The fourth-order valence-electron chi connectivity index (χ4n) is 2.28. The first-order chi connectivity index (χ1) is 9.46. The van der Waals surface area contributed by atoms with Crippen LogP contribution in [0.15, 0.2) is 27.7 Å². The number of nitrogens with zero attached hydrogens (tertiary/aromatic N) is 1. The third-order valence-electron chi connectivity index (χ3n) is 3.21. The van der Waals surface area contributed by atoms with Gasteiger partial charge in [-0.1, -0.05) is 24.0 Å². The van der Waals surface area contributed by atoms with E-state index in [-0.39, 0.29) is 23.5 Å². The summed E-state index contributed by atoms with van der Waals surface area (Å²) in [7, 11) is -3.05. The lowest BCUT2D eigenvalue weighted by Gasteiger charge is -2.20.